The molecular weight excluding hydrogens is 735 g/mol. The fourth-order valence-corrected chi connectivity index (χ4v) is 8.20. The molecule has 0 saturated heterocycles. The smallest absolute Gasteiger partial charge is 0.305 e. The third kappa shape index (κ3) is 43.3. The van der Waals surface area contributed by atoms with E-state index in [0.717, 1.165) is 77.5 Å². The van der Waals surface area contributed by atoms with Gasteiger partial charge < -0.3 is 24.3 Å². The number of carbonyl (C=O) groups excluding carboxylic acids is 2. The Balaban J connectivity index is 4.63. The lowest BCUT2D eigenvalue weighted by Crippen LogP contribution is -2.30. The van der Waals surface area contributed by atoms with Gasteiger partial charge in [-0.05, 0) is 83.1 Å². The molecule has 0 amide bonds. The van der Waals surface area contributed by atoms with Crippen LogP contribution >= 0.6 is 0 Å². The molecule has 0 rings (SSSR count). The maximum Gasteiger partial charge on any atom is 0.305 e. The van der Waals surface area contributed by atoms with Crippen LogP contribution in [0.25, 0.3) is 0 Å². The summed E-state index contributed by atoms with van der Waals surface area (Å²) in [6, 6.07) is 0.447. The summed E-state index contributed by atoms with van der Waals surface area (Å²) >= 11 is 0. The predicted molar refractivity (Wildman–Crippen MR) is 252 cm³/mol. The molecule has 0 spiro atoms. The molecule has 0 saturated carbocycles. The summed E-state index contributed by atoms with van der Waals surface area (Å²) < 4.78 is 22.8. The fourth-order valence-electron chi connectivity index (χ4n) is 8.20. The van der Waals surface area contributed by atoms with Crippen molar-refractivity contribution in [2.75, 3.05) is 46.2 Å². The Morgan fingerprint density at radius 3 is 1.17 bits per heavy atom. The molecule has 0 heterocycles. The summed E-state index contributed by atoms with van der Waals surface area (Å²) in [6.07, 6.45) is 41.2. The maximum absolute atomic E-state index is 12.7. The molecule has 0 aromatic heterocycles. The van der Waals surface area contributed by atoms with E-state index in [4.69, 9.17) is 18.9 Å². The normalized spacial score (nSPS) is 13.1. The van der Waals surface area contributed by atoms with Crippen molar-refractivity contribution in [1.82, 2.24) is 5.32 Å². The number of carbonyl (C=O) groups is 2. The molecule has 2 unspecified atom stereocenters. The average Bonchev–Trinajstić information content (AvgIpc) is 3.24. The monoisotopic (exact) mass is 838 g/mol. The number of hydrogen-bond acceptors (Lipinski definition) is 7. The Bertz CT molecular complexity index is 797. The second-order valence-electron chi connectivity index (χ2n) is 17.9. The Labute approximate surface area is 368 Å². The van der Waals surface area contributed by atoms with Crippen molar-refractivity contribution < 1.29 is 28.5 Å². The zero-order valence-electron chi connectivity index (χ0n) is 40.4. The van der Waals surface area contributed by atoms with Crippen molar-refractivity contribution in [3.63, 3.8) is 0 Å². The number of rotatable bonds is 49. The van der Waals surface area contributed by atoms with Crippen LogP contribution in [0, 0.1) is 11.8 Å². The van der Waals surface area contributed by atoms with Crippen molar-refractivity contribution in [2.45, 2.75) is 265 Å². The Morgan fingerprint density at radius 1 is 0.390 bits per heavy atom. The standard InChI is InChI=1S/C52H103NO6/c1-6-11-15-19-21-27-36-48(34-25-17-13-8-3)46-58-51(54)40-31-23-29-38-50(53-42-33-43-57-45-44-56-10-5)39-30-24-32-41-52(55)59-47-49(35-26-18-14-9-4)37-28-22-20-16-12-7-2/h48-50,53H,6-47H2,1-5H3. The van der Waals surface area contributed by atoms with Crippen LogP contribution in [-0.2, 0) is 28.5 Å². The Kier molecular flexibility index (Phi) is 46.9. The fraction of sp³-hybridized carbons (Fsp3) is 0.962. The highest BCUT2D eigenvalue weighted by Crippen LogP contribution is 2.22. The van der Waals surface area contributed by atoms with Crippen molar-refractivity contribution >= 4 is 11.9 Å². The molecule has 0 aliphatic carbocycles. The van der Waals surface area contributed by atoms with Crippen molar-refractivity contribution in [3.8, 4) is 0 Å². The summed E-state index contributed by atoms with van der Waals surface area (Å²) in [5, 5.41) is 3.80. The topological polar surface area (TPSA) is 83.1 Å². The van der Waals surface area contributed by atoms with Crippen molar-refractivity contribution in [1.29, 1.82) is 0 Å². The largest absolute Gasteiger partial charge is 0.465 e. The SMILES string of the molecule is CCCCCCCCC(CCCCCC)COC(=O)CCCCCC(CCCCCC(=O)OCC(CCCCCC)CCCCCCCC)NCCCOCCOCC. The van der Waals surface area contributed by atoms with Gasteiger partial charge in [0.1, 0.15) is 0 Å². The summed E-state index contributed by atoms with van der Waals surface area (Å²) in [5.74, 6) is 1.02. The first-order valence-corrected chi connectivity index (χ1v) is 26.2. The van der Waals surface area contributed by atoms with Gasteiger partial charge in [-0.3, -0.25) is 9.59 Å². The van der Waals surface area contributed by atoms with Crippen LogP contribution in [0.4, 0.5) is 0 Å². The van der Waals surface area contributed by atoms with Crippen LogP contribution in [0.3, 0.4) is 0 Å². The summed E-state index contributed by atoms with van der Waals surface area (Å²) in [4.78, 5) is 25.5. The molecule has 0 bridgehead atoms. The van der Waals surface area contributed by atoms with Gasteiger partial charge in [0.15, 0.2) is 0 Å². The van der Waals surface area contributed by atoms with E-state index in [-0.39, 0.29) is 11.9 Å². The molecule has 7 heteroatoms. The third-order valence-electron chi connectivity index (χ3n) is 12.2. The average molecular weight is 838 g/mol. The number of hydrogen-bond donors (Lipinski definition) is 1. The highest BCUT2D eigenvalue weighted by Gasteiger charge is 2.15. The predicted octanol–water partition coefficient (Wildman–Crippen LogP) is 15.0. The minimum atomic E-state index is -0.00987. The number of esters is 2. The van der Waals surface area contributed by atoms with Crippen LogP contribution in [0.2, 0.25) is 0 Å². The molecule has 0 radical (unpaired) electrons. The molecule has 0 aromatic rings. The number of ether oxygens (including phenoxy) is 4. The molecule has 0 aliphatic rings. The van der Waals surface area contributed by atoms with Crippen LogP contribution in [0.15, 0.2) is 0 Å². The van der Waals surface area contributed by atoms with Gasteiger partial charge in [0, 0.05) is 32.1 Å². The van der Waals surface area contributed by atoms with Gasteiger partial charge >= 0.3 is 11.9 Å². The van der Waals surface area contributed by atoms with E-state index in [1.54, 1.807) is 0 Å². The van der Waals surface area contributed by atoms with Gasteiger partial charge in [-0.25, -0.2) is 0 Å². The van der Waals surface area contributed by atoms with Gasteiger partial charge in [-0.2, -0.15) is 0 Å². The zero-order chi connectivity index (χ0) is 43.1. The van der Waals surface area contributed by atoms with Gasteiger partial charge in [-0.15, -0.1) is 0 Å². The lowest BCUT2D eigenvalue weighted by Gasteiger charge is -2.19. The molecular formula is C52H103NO6. The molecule has 2 atom stereocenters. The molecule has 0 fully saturated rings. The highest BCUT2D eigenvalue weighted by molar-refractivity contribution is 5.69. The van der Waals surface area contributed by atoms with E-state index in [1.807, 2.05) is 6.92 Å². The first-order valence-electron chi connectivity index (χ1n) is 26.2. The van der Waals surface area contributed by atoms with E-state index in [2.05, 4.69) is 33.0 Å². The third-order valence-corrected chi connectivity index (χ3v) is 12.2. The summed E-state index contributed by atoms with van der Waals surface area (Å²) in [6.45, 7) is 16.0. The first-order chi connectivity index (χ1) is 29.0. The molecule has 7 nitrogen and oxygen atoms in total. The molecule has 59 heavy (non-hydrogen) atoms. The van der Waals surface area contributed by atoms with Crippen molar-refractivity contribution in [2.24, 2.45) is 11.8 Å². The maximum atomic E-state index is 12.7. The quantitative estimate of drug-likeness (QED) is 0.0483. The van der Waals surface area contributed by atoms with E-state index < -0.39 is 0 Å². The van der Waals surface area contributed by atoms with Crippen molar-refractivity contribution in [3.05, 3.63) is 0 Å². The van der Waals surface area contributed by atoms with Crippen LogP contribution < -0.4 is 5.32 Å². The molecule has 0 aromatic carbocycles. The van der Waals surface area contributed by atoms with E-state index in [1.165, 1.54) is 154 Å². The second-order valence-corrected chi connectivity index (χ2v) is 17.9. The van der Waals surface area contributed by atoms with Crippen LogP contribution in [0.5, 0.6) is 0 Å². The summed E-state index contributed by atoms with van der Waals surface area (Å²) in [5.41, 5.74) is 0. The first kappa shape index (κ1) is 57.8. The van der Waals surface area contributed by atoms with Crippen LogP contribution in [-0.4, -0.2) is 64.2 Å². The molecule has 0 aliphatic heterocycles. The van der Waals surface area contributed by atoms with Gasteiger partial charge in [0.25, 0.3) is 0 Å². The summed E-state index contributed by atoms with van der Waals surface area (Å²) in [7, 11) is 0. The number of unbranched alkanes of at least 4 members (excludes halogenated alkanes) is 20. The minimum Gasteiger partial charge on any atom is -0.465 e. The van der Waals surface area contributed by atoms with Gasteiger partial charge in [-0.1, -0.05) is 182 Å². The number of nitrogens with one attached hydrogen (secondary N) is 1. The van der Waals surface area contributed by atoms with Crippen LogP contribution in [0.1, 0.15) is 259 Å². The van der Waals surface area contributed by atoms with Gasteiger partial charge in [0.05, 0.1) is 26.4 Å². The van der Waals surface area contributed by atoms with E-state index >= 15 is 0 Å². The Hall–Kier alpha value is -1.18. The van der Waals surface area contributed by atoms with E-state index in [0.29, 0.717) is 57.1 Å². The lowest BCUT2D eigenvalue weighted by molar-refractivity contribution is -0.146. The lowest BCUT2D eigenvalue weighted by atomic mass is 9.95. The second kappa shape index (κ2) is 47.9. The molecule has 1 N–H and O–H groups in total. The minimum absolute atomic E-state index is 0.00987. The zero-order valence-corrected chi connectivity index (χ0v) is 40.4. The van der Waals surface area contributed by atoms with E-state index in [9.17, 15) is 9.59 Å². The van der Waals surface area contributed by atoms with Gasteiger partial charge in [0.2, 0.25) is 0 Å². The highest BCUT2D eigenvalue weighted by atomic mass is 16.5. The Morgan fingerprint density at radius 2 is 0.746 bits per heavy atom. The molecule has 352 valence electrons.